The molecule has 4 aromatic carbocycles. The zero-order valence-corrected chi connectivity index (χ0v) is 50.4. The van der Waals surface area contributed by atoms with Gasteiger partial charge in [-0.2, -0.15) is 16.8 Å². The lowest BCUT2D eigenvalue weighted by Crippen LogP contribution is -2.68. The van der Waals surface area contributed by atoms with Crippen LogP contribution in [0, 0.1) is 19.8 Å². The molecule has 3 heterocycles. The van der Waals surface area contributed by atoms with Gasteiger partial charge in [0.15, 0.2) is 37.2 Å². The van der Waals surface area contributed by atoms with Gasteiger partial charge in [0.05, 0.1) is 49.5 Å². The highest BCUT2D eigenvalue weighted by atomic mass is 127. The number of aliphatic hydroxyl groups is 2. The zero-order valence-electron chi connectivity index (χ0n) is 43.5. The molecule has 0 aromatic heterocycles. The fourth-order valence-electron chi connectivity index (χ4n) is 8.68. The Labute approximate surface area is 491 Å². The van der Waals surface area contributed by atoms with Gasteiger partial charge in [0, 0.05) is 9.79 Å². The van der Waals surface area contributed by atoms with Crippen LogP contribution in [-0.2, 0) is 80.9 Å². The minimum Gasteiger partial charge on any atom is -0.456 e. The Morgan fingerprint density at radius 2 is 1.08 bits per heavy atom. The molecule has 7 rings (SSSR count). The highest BCUT2D eigenvalue weighted by Gasteiger charge is 2.59. The number of hydrogen-bond donors (Lipinski definition) is 2. The Kier molecular flexibility index (Phi) is 22.4. The molecule has 3 aliphatic heterocycles. The van der Waals surface area contributed by atoms with E-state index >= 15 is 0 Å². The van der Waals surface area contributed by atoms with Crippen molar-refractivity contribution in [2.24, 2.45) is 5.92 Å². The Bertz CT molecular complexity index is 2890. The molecule has 0 bridgehead atoms. The maximum absolute atomic E-state index is 14.0. The van der Waals surface area contributed by atoms with Crippen molar-refractivity contribution in [1.29, 1.82) is 0 Å². The number of thioether (sulfide) groups is 2. The Balaban J connectivity index is 1.37. The van der Waals surface area contributed by atoms with Crippen molar-refractivity contribution < 1.29 is 87.7 Å². The van der Waals surface area contributed by atoms with Crippen LogP contribution < -0.4 is 0 Å². The standard InChI is InChI=1S/C53H61Cl2IO19S4/c1-29(2)49(59)75-48-32(5)68-52(47(56)53(48,6)61)74-44-42(72-40(58)26-55)38(28-67-79(64,65)36-23-19-31(4)20-24-36)70-51(46(44)77-34-15-11-8-12-16-34)73-43-41(71-39(57)25-54)37(27-66-78(62,63)35-21-17-30(3)18-22-35)69-50(60)45(43)76-33-13-9-7-10-14-33/h7-24,29,32,37-38,41-48,50-52,60-61H,25-28H2,1-6H3/t32-,37+,38+,41+,42+,43-,44-,45+,46+,47-,48-,50-,51-,52-,53-/m0/s1. The fourth-order valence-corrected chi connectivity index (χ4v) is 13.7. The van der Waals surface area contributed by atoms with Crippen LogP contribution in [0.2, 0.25) is 0 Å². The Morgan fingerprint density at radius 1 is 0.646 bits per heavy atom. The van der Waals surface area contributed by atoms with Crippen molar-refractivity contribution in [3.63, 3.8) is 0 Å². The van der Waals surface area contributed by atoms with E-state index in [1.165, 1.54) is 31.2 Å². The summed E-state index contributed by atoms with van der Waals surface area (Å²) >= 11 is 16.2. The summed E-state index contributed by atoms with van der Waals surface area (Å²) in [7, 11) is -9.09. The lowest BCUT2D eigenvalue weighted by atomic mass is 9.88. The number of hydrogen-bond acceptors (Lipinski definition) is 21. The highest BCUT2D eigenvalue weighted by Crippen LogP contribution is 2.46. The van der Waals surface area contributed by atoms with Crippen molar-refractivity contribution >= 4 is 107 Å². The lowest BCUT2D eigenvalue weighted by molar-refractivity contribution is -0.330. The van der Waals surface area contributed by atoms with Crippen molar-refractivity contribution in [3.8, 4) is 0 Å². The summed E-state index contributed by atoms with van der Waals surface area (Å²) in [5.41, 5.74) is -0.300. The average molecular weight is 1330 g/mol. The first-order valence-corrected chi connectivity index (χ1v) is 31.7. The first-order chi connectivity index (χ1) is 37.4. The van der Waals surface area contributed by atoms with Crippen LogP contribution in [0.5, 0.6) is 0 Å². The molecule has 4 aromatic rings. The second-order valence-electron chi connectivity index (χ2n) is 19.2. The molecule has 15 atom stereocenters. The molecule has 79 heavy (non-hydrogen) atoms. The van der Waals surface area contributed by atoms with E-state index in [-0.39, 0.29) is 9.79 Å². The van der Waals surface area contributed by atoms with Crippen LogP contribution in [0.15, 0.2) is 129 Å². The molecular weight excluding hydrogens is 1270 g/mol. The van der Waals surface area contributed by atoms with Gasteiger partial charge in [0.2, 0.25) is 0 Å². The molecule has 0 spiro atoms. The van der Waals surface area contributed by atoms with E-state index in [1.807, 2.05) is 22.6 Å². The van der Waals surface area contributed by atoms with E-state index in [2.05, 4.69) is 0 Å². The molecule has 0 amide bonds. The van der Waals surface area contributed by atoms with Crippen LogP contribution in [0.1, 0.15) is 38.8 Å². The fraction of sp³-hybridized carbons (Fsp3) is 0.491. The van der Waals surface area contributed by atoms with Crippen LogP contribution in [-0.4, -0.2) is 158 Å². The highest BCUT2D eigenvalue weighted by molar-refractivity contribution is 14.1. The molecule has 0 saturated carbocycles. The van der Waals surface area contributed by atoms with Crippen LogP contribution in [0.4, 0.5) is 0 Å². The molecule has 19 nitrogen and oxygen atoms in total. The molecular formula is C53H61Cl2IO19S4. The predicted octanol–water partition coefficient (Wildman–Crippen LogP) is 7.12. The zero-order chi connectivity index (χ0) is 57.4. The second-order valence-corrected chi connectivity index (χ2v) is 26.8. The minimum atomic E-state index is -4.58. The Hall–Kier alpha value is -3.16. The van der Waals surface area contributed by atoms with Crippen molar-refractivity contribution in [2.45, 2.75) is 149 Å². The molecule has 0 unspecified atom stereocenters. The third-order valence-electron chi connectivity index (χ3n) is 12.8. The molecule has 3 aliphatic rings. The molecule has 0 aliphatic carbocycles. The van der Waals surface area contributed by atoms with Gasteiger partial charge in [0.25, 0.3) is 20.2 Å². The summed E-state index contributed by atoms with van der Waals surface area (Å²) in [4.78, 5) is 40.7. The quantitative estimate of drug-likeness (QED) is 0.0261. The first-order valence-electron chi connectivity index (χ1n) is 24.8. The minimum absolute atomic E-state index is 0.197. The van der Waals surface area contributed by atoms with E-state index in [1.54, 1.807) is 120 Å². The van der Waals surface area contributed by atoms with Gasteiger partial charge in [-0.05, 0) is 76.2 Å². The number of aryl methyl sites for hydroxylation is 2. The van der Waals surface area contributed by atoms with Crippen LogP contribution in [0.3, 0.4) is 0 Å². The third-order valence-corrected chi connectivity index (χ3v) is 20.3. The number of carbonyl (C=O) groups excluding carboxylic acids is 3. The van der Waals surface area contributed by atoms with Crippen LogP contribution in [0.25, 0.3) is 0 Å². The summed E-state index contributed by atoms with van der Waals surface area (Å²) in [6.45, 7) is 8.15. The average Bonchev–Trinajstić information content (AvgIpc) is 3.55. The number of rotatable bonds is 22. The maximum Gasteiger partial charge on any atom is 0.321 e. The number of esters is 3. The number of halogens is 3. The summed E-state index contributed by atoms with van der Waals surface area (Å²) in [6.07, 6.45) is -16.8. The number of alkyl halides is 3. The summed E-state index contributed by atoms with van der Waals surface area (Å²) < 4.78 is 117. The van der Waals surface area contributed by atoms with Gasteiger partial charge in [-0.15, -0.1) is 46.7 Å². The number of ether oxygens (including phenoxy) is 8. The monoisotopic (exact) mass is 1330 g/mol. The Morgan fingerprint density at radius 3 is 1.53 bits per heavy atom. The van der Waals surface area contributed by atoms with Crippen molar-refractivity contribution in [1.82, 2.24) is 0 Å². The first kappa shape index (κ1) is 63.4. The number of carbonyl (C=O) groups is 3. The summed E-state index contributed by atoms with van der Waals surface area (Å²) in [6, 6.07) is 29.2. The predicted molar refractivity (Wildman–Crippen MR) is 299 cm³/mol. The largest absolute Gasteiger partial charge is 0.456 e. The van der Waals surface area contributed by atoms with E-state index in [0.29, 0.717) is 9.79 Å². The van der Waals surface area contributed by atoms with E-state index < -0.39 is 157 Å². The number of benzene rings is 4. The van der Waals surface area contributed by atoms with Gasteiger partial charge >= 0.3 is 17.9 Å². The van der Waals surface area contributed by atoms with E-state index in [0.717, 1.165) is 34.7 Å². The van der Waals surface area contributed by atoms with Gasteiger partial charge < -0.3 is 48.1 Å². The normalized spacial score (nSPS) is 30.3. The SMILES string of the molecule is Cc1ccc(S(=O)(=O)OC[C@H]2O[C@H](O)[C@H](Sc3ccccc3)[C@@H](O[C@@H]3O[C@H](COS(=O)(=O)c4ccc(C)cc4)[C@@H](OC(=O)CCl)[C@H](O[C@@H]4O[C@@H](C)[C@H](OC(=O)C(C)C)[C@@](C)(O)[C@H]4I)[C@H]3Sc3ccccc3)[C@@H]2OC(=O)CCl)cc1. The lowest BCUT2D eigenvalue weighted by Gasteiger charge is -2.52. The topological polar surface area (TPSA) is 252 Å². The maximum atomic E-state index is 14.0. The van der Waals surface area contributed by atoms with Gasteiger partial charge in [-0.1, -0.05) is 108 Å². The van der Waals surface area contributed by atoms with Gasteiger partial charge in [0.1, 0.15) is 41.8 Å². The number of aliphatic hydroxyl groups excluding tert-OH is 1. The molecule has 432 valence electrons. The van der Waals surface area contributed by atoms with Crippen molar-refractivity contribution in [3.05, 3.63) is 120 Å². The second kappa shape index (κ2) is 27.9. The van der Waals surface area contributed by atoms with E-state index in [9.17, 15) is 41.4 Å². The summed E-state index contributed by atoms with van der Waals surface area (Å²) in [5, 5.41) is 21.8. The molecule has 3 saturated heterocycles. The molecule has 26 heteroatoms. The molecule has 0 radical (unpaired) electrons. The van der Waals surface area contributed by atoms with Gasteiger partial charge in [-0.25, -0.2) is 0 Å². The third kappa shape index (κ3) is 16.1. The molecule has 3 fully saturated rings. The van der Waals surface area contributed by atoms with Crippen LogP contribution >= 0.6 is 69.3 Å². The molecule has 2 N–H and O–H groups in total. The van der Waals surface area contributed by atoms with Gasteiger partial charge in [-0.3, -0.25) is 22.7 Å². The van der Waals surface area contributed by atoms with E-state index in [4.69, 9.17) is 69.5 Å². The smallest absolute Gasteiger partial charge is 0.321 e. The van der Waals surface area contributed by atoms with Crippen molar-refractivity contribution in [2.75, 3.05) is 25.0 Å². The summed E-state index contributed by atoms with van der Waals surface area (Å²) in [5.74, 6) is -4.52.